The van der Waals surface area contributed by atoms with Crippen LogP contribution in [0.4, 0.5) is 0 Å². The van der Waals surface area contributed by atoms with Gasteiger partial charge in [0.1, 0.15) is 12.8 Å². The number of benzene rings is 2. The summed E-state index contributed by atoms with van der Waals surface area (Å²) in [6.07, 6.45) is 6.87. The van der Waals surface area contributed by atoms with Crippen molar-refractivity contribution in [3.63, 3.8) is 0 Å². The molecule has 2 aromatic carbocycles. The van der Waals surface area contributed by atoms with Gasteiger partial charge in [0.25, 0.3) is 5.69 Å². The number of aromatic nitrogens is 1. The van der Waals surface area contributed by atoms with Gasteiger partial charge in [0, 0.05) is 10.9 Å². The van der Waals surface area contributed by atoms with Crippen molar-refractivity contribution in [2.24, 2.45) is 7.05 Å². The molecule has 0 N–H and O–H groups in total. The number of aryl methyl sites for hydroxylation is 2. The largest absolute Gasteiger partial charge is 0.449 e. The van der Waals surface area contributed by atoms with Crippen LogP contribution >= 0.6 is 0 Å². The standard InChI is InChI=1S/C24H22NO2/c1-14-10-11-16-8-5-9-18-21(16)19(14)22-23(27-18)20(15-6-3-4-7-15)17-12-13-26-24(17)25(22)2/h5,8-13,15H,3-4,6-7H2,1-2H3/q+1. The number of ether oxygens (including phenoxy) is 1. The average molecular weight is 356 g/mol. The van der Waals surface area contributed by atoms with Crippen LogP contribution in [0.1, 0.15) is 42.7 Å². The first-order valence-corrected chi connectivity index (χ1v) is 9.87. The van der Waals surface area contributed by atoms with E-state index in [0.29, 0.717) is 5.92 Å². The monoisotopic (exact) mass is 356 g/mol. The Bertz CT molecular complexity index is 1230. The molecule has 6 rings (SSSR count). The summed E-state index contributed by atoms with van der Waals surface area (Å²) in [6, 6.07) is 12.9. The van der Waals surface area contributed by atoms with Crippen LogP contribution in [0.5, 0.6) is 11.5 Å². The molecule has 0 radical (unpaired) electrons. The number of pyridine rings is 1. The maximum atomic E-state index is 6.64. The van der Waals surface area contributed by atoms with Gasteiger partial charge in [-0.25, -0.2) is 0 Å². The normalized spacial score (nSPS) is 16.1. The molecule has 0 unspecified atom stereocenters. The Morgan fingerprint density at radius 2 is 1.89 bits per heavy atom. The van der Waals surface area contributed by atoms with E-state index in [2.05, 4.69) is 54.9 Å². The molecule has 2 aromatic heterocycles. The highest BCUT2D eigenvalue weighted by molar-refractivity contribution is 6.05. The first-order valence-electron chi connectivity index (χ1n) is 9.87. The molecule has 3 heteroatoms. The second kappa shape index (κ2) is 5.35. The summed E-state index contributed by atoms with van der Waals surface area (Å²) < 4.78 is 14.8. The van der Waals surface area contributed by atoms with Crippen LogP contribution in [0.3, 0.4) is 0 Å². The summed E-state index contributed by atoms with van der Waals surface area (Å²) in [7, 11) is 2.10. The van der Waals surface area contributed by atoms with Gasteiger partial charge in [-0.05, 0) is 48.8 Å². The Morgan fingerprint density at radius 3 is 2.74 bits per heavy atom. The molecule has 0 saturated heterocycles. The van der Waals surface area contributed by atoms with Crippen molar-refractivity contribution in [3.05, 3.63) is 53.8 Å². The van der Waals surface area contributed by atoms with Gasteiger partial charge in [0.2, 0.25) is 5.75 Å². The molecular formula is C24H22NO2+. The van der Waals surface area contributed by atoms with Crippen LogP contribution in [-0.2, 0) is 7.05 Å². The van der Waals surface area contributed by atoms with Crippen LogP contribution in [0.2, 0.25) is 0 Å². The molecule has 1 saturated carbocycles. The van der Waals surface area contributed by atoms with E-state index in [1.165, 1.54) is 58.5 Å². The highest BCUT2D eigenvalue weighted by Gasteiger charge is 2.37. The fourth-order valence-corrected chi connectivity index (χ4v) is 5.22. The molecule has 1 aliphatic heterocycles. The van der Waals surface area contributed by atoms with Gasteiger partial charge in [0.05, 0.1) is 17.2 Å². The van der Waals surface area contributed by atoms with Crippen molar-refractivity contribution < 1.29 is 13.7 Å². The highest BCUT2D eigenvalue weighted by atomic mass is 16.5. The van der Waals surface area contributed by atoms with E-state index in [1.807, 2.05) is 6.26 Å². The smallest absolute Gasteiger partial charge is 0.381 e. The molecule has 1 fully saturated rings. The number of hydrogen-bond acceptors (Lipinski definition) is 2. The van der Waals surface area contributed by atoms with E-state index < -0.39 is 0 Å². The van der Waals surface area contributed by atoms with E-state index in [9.17, 15) is 0 Å². The first kappa shape index (κ1) is 15.3. The third-order valence-corrected chi connectivity index (χ3v) is 6.46. The molecule has 1 aliphatic carbocycles. The molecule has 27 heavy (non-hydrogen) atoms. The Kier molecular flexibility index (Phi) is 3.03. The zero-order valence-corrected chi connectivity index (χ0v) is 15.7. The third-order valence-electron chi connectivity index (χ3n) is 6.46. The van der Waals surface area contributed by atoms with Crippen molar-refractivity contribution >= 4 is 21.9 Å². The lowest BCUT2D eigenvalue weighted by Gasteiger charge is -2.24. The zero-order valence-electron chi connectivity index (χ0n) is 15.7. The van der Waals surface area contributed by atoms with Crippen molar-refractivity contribution in [1.29, 1.82) is 0 Å². The van der Waals surface area contributed by atoms with Gasteiger partial charge in [-0.1, -0.05) is 37.1 Å². The molecule has 2 aliphatic rings. The number of nitrogens with zero attached hydrogens (tertiary/aromatic N) is 1. The summed E-state index contributed by atoms with van der Waals surface area (Å²) in [6.45, 7) is 2.20. The number of fused-ring (bicyclic) bond motifs is 3. The number of hydrogen-bond donors (Lipinski definition) is 0. The predicted octanol–water partition coefficient (Wildman–Crippen LogP) is 6.15. The minimum absolute atomic E-state index is 0.546. The Hall–Kier alpha value is -2.81. The minimum atomic E-state index is 0.546. The van der Waals surface area contributed by atoms with Crippen molar-refractivity contribution in [2.45, 2.75) is 38.5 Å². The topological polar surface area (TPSA) is 26.2 Å². The van der Waals surface area contributed by atoms with Gasteiger partial charge >= 0.3 is 5.71 Å². The summed E-state index contributed by atoms with van der Waals surface area (Å²) in [4.78, 5) is 0. The maximum Gasteiger partial charge on any atom is 0.381 e. The highest BCUT2D eigenvalue weighted by Crippen LogP contribution is 2.52. The van der Waals surface area contributed by atoms with Crippen LogP contribution in [0.25, 0.3) is 33.1 Å². The van der Waals surface area contributed by atoms with E-state index in [4.69, 9.17) is 9.15 Å². The fraction of sp³-hybridized carbons (Fsp3) is 0.292. The molecule has 0 bridgehead atoms. The fourth-order valence-electron chi connectivity index (χ4n) is 5.22. The Morgan fingerprint density at radius 1 is 1.04 bits per heavy atom. The Labute approximate surface area is 158 Å². The van der Waals surface area contributed by atoms with Gasteiger partial charge in [-0.2, -0.15) is 4.57 Å². The summed E-state index contributed by atoms with van der Waals surface area (Å²) in [5, 5.41) is 3.64. The van der Waals surface area contributed by atoms with Crippen LogP contribution in [-0.4, -0.2) is 0 Å². The molecule has 4 aromatic rings. The summed E-state index contributed by atoms with van der Waals surface area (Å²) >= 11 is 0. The third kappa shape index (κ3) is 1.94. The van der Waals surface area contributed by atoms with Gasteiger partial charge < -0.3 is 9.15 Å². The van der Waals surface area contributed by atoms with Crippen LogP contribution in [0, 0.1) is 6.92 Å². The second-order valence-electron chi connectivity index (χ2n) is 7.99. The first-order chi connectivity index (χ1) is 13.2. The molecule has 0 atom stereocenters. The number of rotatable bonds is 1. The van der Waals surface area contributed by atoms with Gasteiger partial charge in [0.15, 0.2) is 0 Å². The van der Waals surface area contributed by atoms with Crippen molar-refractivity contribution in [3.8, 4) is 22.8 Å². The predicted molar refractivity (Wildman–Crippen MR) is 106 cm³/mol. The number of furan rings is 1. The lowest BCUT2D eigenvalue weighted by atomic mass is 9.88. The lowest BCUT2D eigenvalue weighted by Crippen LogP contribution is -2.34. The van der Waals surface area contributed by atoms with Gasteiger partial charge in [-0.15, -0.1) is 0 Å². The Balaban J connectivity index is 1.81. The summed E-state index contributed by atoms with van der Waals surface area (Å²) in [5.74, 6) is 2.55. The molecular weight excluding hydrogens is 334 g/mol. The maximum absolute atomic E-state index is 6.64. The van der Waals surface area contributed by atoms with Crippen molar-refractivity contribution in [2.75, 3.05) is 0 Å². The van der Waals surface area contributed by atoms with Gasteiger partial charge in [-0.3, -0.25) is 0 Å². The molecule has 3 nitrogen and oxygen atoms in total. The lowest BCUT2D eigenvalue weighted by molar-refractivity contribution is -0.640. The average Bonchev–Trinajstić information content (AvgIpc) is 3.36. The zero-order chi connectivity index (χ0) is 18.1. The molecule has 0 amide bonds. The second-order valence-corrected chi connectivity index (χ2v) is 7.99. The van der Waals surface area contributed by atoms with E-state index >= 15 is 0 Å². The van der Waals surface area contributed by atoms with E-state index in [-0.39, 0.29) is 0 Å². The van der Waals surface area contributed by atoms with Crippen LogP contribution in [0.15, 0.2) is 47.1 Å². The quantitative estimate of drug-likeness (QED) is 0.337. The molecule has 134 valence electrons. The van der Waals surface area contributed by atoms with E-state index in [0.717, 1.165) is 22.9 Å². The summed E-state index contributed by atoms with van der Waals surface area (Å²) in [5.41, 5.74) is 5.99. The van der Waals surface area contributed by atoms with Crippen molar-refractivity contribution in [1.82, 2.24) is 0 Å². The SMILES string of the molecule is Cc1ccc2cccc3c2c1-c1c(c(C2CCCC2)c2ccoc2[n+]1C)O3. The van der Waals surface area contributed by atoms with Crippen LogP contribution < -0.4 is 9.30 Å². The molecule has 3 heterocycles. The minimum Gasteiger partial charge on any atom is -0.449 e. The molecule has 0 spiro atoms. The van der Waals surface area contributed by atoms with E-state index in [1.54, 1.807) is 0 Å².